The minimum atomic E-state index is -0.943. The van der Waals surface area contributed by atoms with Crippen LogP contribution in [0.2, 0.25) is 0 Å². The highest BCUT2D eigenvalue weighted by molar-refractivity contribution is 5.87. The monoisotopic (exact) mass is 252 g/mol. The fraction of sp³-hybridized carbons (Fsp3) is 0.462. The van der Waals surface area contributed by atoms with Crippen LogP contribution < -0.4 is 5.32 Å². The lowest BCUT2D eigenvalue weighted by Crippen LogP contribution is -2.43. The van der Waals surface area contributed by atoms with Gasteiger partial charge in [-0.05, 0) is 45.3 Å². The molecule has 5 heteroatoms. The molecule has 3 N–H and O–H groups in total. The number of rotatable bonds is 6. The SMILES string of the molecule is CN(C)CC(C)(O)CNc1ccc(C(=O)O)cc1. The van der Waals surface area contributed by atoms with Crippen molar-refractivity contribution in [2.45, 2.75) is 12.5 Å². The Bertz CT molecular complexity index is 399. The molecule has 0 aliphatic heterocycles. The van der Waals surface area contributed by atoms with Crippen LogP contribution in [0.15, 0.2) is 24.3 Å². The van der Waals surface area contributed by atoms with Crippen molar-refractivity contribution in [1.82, 2.24) is 4.90 Å². The Labute approximate surface area is 107 Å². The lowest BCUT2D eigenvalue weighted by Gasteiger charge is -2.27. The summed E-state index contributed by atoms with van der Waals surface area (Å²) >= 11 is 0. The van der Waals surface area contributed by atoms with Crippen molar-refractivity contribution in [3.05, 3.63) is 29.8 Å². The van der Waals surface area contributed by atoms with E-state index in [1.165, 1.54) is 12.1 Å². The van der Waals surface area contributed by atoms with E-state index in [1.54, 1.807) is 19.1 Å². The Hall–Kier alpha value is -1.59. The summed E-state index contributed by atoms with van der Waals surface area (Å²) in [6.45, 7) is 2.70. The van der Waals surface area contributed by atoms with E-state index in [0.29, 0.717) is 13.1 Å². The molecule has 5 nitrogen and oxygen atoms in total. The lowest BCUT2D eigenvalue weighted by atomic mass is 10.1. The molecule has 18 heavy (non-hydrogen) atoms. The summed E-state index contributed by atoms with van der Waals surface area (Å²) in [5.74, 6) is -0.943. The standard InChI is InChI=1S/C13H20N2O3/c1-13(18,9-15(2)3)8-14-11-6-4-10(5-7-11)12(16)17/h4-7,14,18H,8-9H2,1-3H3,(H,16,17). The number of nitrogens with one attached hydrogen (secondary N) is 1. The number of carboxylic acids is 1. The molecule has 0 fully saturated rings. The van der Waals surface area contributed by atoms with Crippen LogP contribution in [0.1, 0.15) is 17.3 Å². The highest BCUT2D eigenvalue weighted by atomic mass is 16.4. The molecule has 0 radical (unpaired) electrons. The molecule has 1 unspecified atom stereocenters. The van der Waals surface area contributed by atoms with Crippen LogP contribution in [0.5, 0.6) is 0 Å². The fourth-order valence-corrected chi connectivity index (χ4v) is 1.76. The molecule has 1 atom stereocenters. The molecule has 0 heterocycles. The summed E-state index contributed by atoms with van der Waals surface area (Å²) in [6.07, 6.45) is 0. The smallest absolute Gasteiger partial charge is 0.335 e. The van der Waals surface area contributed by atoms with E-state index >= 15 is 0 Å². The number of carbonyl (C=O) groups is 1. The first kappa shape index (κ1) is 14.5. The molecule has 1 rings (SSSR count). The maximum Gasteiger partial charge on any atom is 0.335 e. The molecule has 1 aromatic rings. The first-order chi connectivity index (χ1) is 8.30. The van der Waals surface area contributed by atoms with Crippen molar-refractivity contribution in [3.8, 4) is 0 Å². The number of aromatic carboxylic acids is 1. The van der Waals surface area contributed by atoms with Gasteiger partial charge in [-0.2, -0.15) is 0 Å². The van der Waals surface area contributed by atoms with Crippen LogP contribution >= 0.6 is 0 Å². The summed E-state index contributed by atoms with van der Waals surface area (Å²) in [5, 5.41) is 21.9. The Kier molecular flexibility index (Phi) is 4.69. The number of likely N-dealkylation sites (N-methyl/N-ethyl adjacent to an activating group) is 1. The zero-order chi connectivity index (χ0) is 13.8. The summed E-state index contributed by atoms with van der Waals surface area (Å²) in [4.78, 5) is 12.6. The second-order valence-corrected chi connectivity index (χ2v) is 4.97. The summed E-state index contributed by atoms with van der Waals surface area (Å²) in [7, 11) is 3.80. The molecule has 0 aliphatic rings. The second kappa shape index (κ2) is 5.84. The molecular weight excluding hydrogens is 232 g/mol. The van der Waals surface area contributed by atoms with E-state index in [4.69, 9.17) is 5.11 Å². The minimum absolute atomic E-state index is 0.251. The fourth-order valence-electron chi connectivity index (χ4n) is 1.76. The van der Waals surface area contributed by atoms with Gasteiger partial charge in [-0.1, -0.05) is 0 Å². The molecule has 100 valence electrons. The molecule has 0 amide bonds. The predicted octanol–water partition coefficient (Wildman–Crippen LogP) is 1.11. The van der Waals surface area contributed by atoms with Gasteiger partial charge < -0.3 is 20.4 Å². The molecule has 1 aromatic carbocycles. The third kappa shape index (κ3) is 4.73. The summed E-state index contributed by atoms with van der Waals surface area (Å²) in [5.41, 5.74) is 0.203. The number of benzene rings is 1. The van der Waals surface area contributed by atoms with Crippen LogP contribution in [0.4, 0.5) is 5.69 Å². The van der Waals surface area contributed by atoms with Crippen molar-refractivity contribution in [1.29, 1.82) is 0 Å². The Balaban J connectivity index is 2.55. The molecule has 0 saturated heterocycles. The van der Waals surface area contributed by atoms with Gasteiger partial charge in [0, 0.05) is 18.8 Å². The molecule has 0 aliphatic carbocycles. The van der Waals surface area contributed by atoms with Crippen LogP contribution in [-0.2, 0) is 0 Å². The summed E-state index contributed by atoms with van der Waals surface area (Å²) in [6, 6.07) is 6.45. The van der Waals surface area contributed by atoms with Gasteiger partial charge in [0.15, 0.2) is 0 Å². The second-order valence-electron chi connectivity index (χ2n) is 4.97. The van der Waals surface area contributed by atoms with Crippen molar-refractivity contribution in [2.24, 2.45) is 0 Å². The first-order valence-corrected chi connectivity index (χ1v) is 5.74. The molecule has 0 bridgehead atoms. The molecule has 0 saturated carbocycles. The van der Waals surface area contributed by atoms with E-state index in [9.17, 15) is 9.90 Å². The Morgan fingerprint density at radius 2 is 1.89 bits per heavy atom. The normalized spacial score (nSPS) is 14.3. The maximum absolute atomic E-state index is 10.7. The van der Waals surface area contributed by atoms with Gasteiger partial charge in [-0.25, -0.2) is 4.79 Å². The lowest BCUT2D eigenvalue weighted by molar-refractivity contribution is 0.0459. The first-order valence-electron chi connectivity index (χ1n) is 5.74. The third-order valence-corrected chi connectivity index (χ3v) is 2.46. The van der Waals surface area contributed by atoms with Gasteiger partial charge in [-0.3, -0.25) is 0 Å². The van der Waals surface area contributed by atoms with Crippen molar-refractivity contribution in [2.75, 3.05) is 32.5 Å². The minimum Gasteiger partial charge on any atom is -0.478 e. The highest BCUT2D eigenvalue weighted by Crippen LogP contribution is 2.12. The van der Waals surface area contributed by atoms with E-state index in [0.717, 1.165) is 5.69 Å². The highest BCUT2D eigenvalue weighted by Gasteiger charge is 2.20. The average Bonchev–Trinajstić information content (AvgIpc) is 2.25. The molecule has 0 spiro atoms. The average molecular weight is 252 g/mol. The van der Waals surface area contributed by atoms with Crippen molar-refractivity contribution >= 4 is 11.7 Å². The number of anilines is 1. The van der Waals surface area contributed by atoms with E-state index in [2.05, 4.69) is 5.32 Å². The molecule has 0 aromatic heterocycles. The topological polar surface area (TPSA) is 72.8 Å². The van der Waals surface area contributed by atoms with Crippen LogP contribution in [0.25, 0.3) is 0 Å². The van der Waals surface area contributed by atoms with E-state index < -0.39 is 11.6 Å². The van der Waals surface area contributed by atoms with Crippen molar-refractivity contribution in [3.63, 3.8) is 0 Å². The summed E-state index contributed by atoms with van der Waals surface area (Å²) < 4.78 is 0. The third-order valence-electron chi connectivity index (χ3n) is 2.46. The number of aliphatic hydroxyl groups is 1. The maximum atomic E-state index is 10.7. The van der Waals surface area contributed by atoms with E-state index in [-0.39, 0.29) is 5.56 Å². The Morgan fingerprint density at radius 1 is 1.33 bits per heavy atom. The Morgan fingerprint density at radius 3 is 2.33 bits per heavy atom. The number of nitrogens with zero attached hydrogens (tertiary/aromatic N) is 1. The quantitative estimate of drug-likeness (QED) is 0.707. The van der Waals surface area contributed by atoms with Crippen LogP contribution in [0.3, 0.4) is 0 Å². The van der Waals surface area contributed by atoms with Gasteiger partial charge in [0.1, 0.15) is 0 Å². The molecular formula is C13H20N2O3. The van der Waals surface area contributed by atoms with Gasteiger partial charge in [0.25, 0.3) is 0 Å². The van der Waals surface area contributed by atoms with Crippen LogP contribution in [-0.4, -0.2) is 53.9 Å². The zero-order valence-corrected chi connectivity index (χ0v) is 11.0. The largest absolute Gasteiger partial charge is 0.478 e. The van der Waals surface area contributed by atoms with Gasteiger partial charge >= 0.3 is 5.97 Å². The predicted molar refractivity (Wildman–Crippen MR) is 71.1 cm³/mol. The van der Waals surface area contributed by atoms with Gasteiger partial charge in [-0.15, -0.1) is 0 Å². The number of carboxylic acid groups (broad SMARTS) is 1. The van der Waals surface area contributed by atoms with Crippen molar-refractivity contribution < 1.29 is 15.0 Å². The number of hydrogen-bond acceptors (Lipinski definition) is 4. The zero-order valence-electron chi connectivity index (χ0n) is 11.0. The van der Waals surface area contributed by atoms with E-state index in [1.807, 2.05) is 19.0 Å². The van der Waals surface area contributed by atoms with Gasteiger partial charge in [0.05, 0.1) is 11.2 Å². The van der Waals surface area contributed by atoms with Crippen LogP contribution in [0, 0.1) is 0 Å². The number of hydrogen-bond donors (Lipinski definition) is 3. The van der Waals surface area contributed by atoms with Gasteiger partial charge in [0.2, 0.25) is 0 Å².